The number of hydrogen-bond donors (Lipinski definition) is 1. The van der Waals surface area contributed by atoms with E-state index in [2.05, 4.69) is 30.2 Å². The molecule has 1 aromatic carbocycles. The molecule has 0 atom stereocenters. The largest absolute Gasteiger partial charge is 0.369 e. The number of amides is 1. The Morgan fingerprint density at radius 2 is 1.81 bits per heavy atom. The van der Waals surface area contributed by atoms with Crippen molar-refractivity contribution in [1.82, 2.24) is 24.6 Å². The first-order valence-electron chi connectivity index (χ1n) is 10.7. The van der Waals surface area contributed by atoms with Gasteiger partial charge >= 0.3 is 0 Å². The zero-order valence-electron chi connectivity index (χ0n) is 18.4. The molecule has 0 saturated carbocycles. The van der Waals surface area contributed by atoms with Gasteiger partial charge < -0.3 is 10.2 Å². The minimum atomic E-state index is -0.0810. The molecule has 2 aromatic heterocycles. The molecule has 3 aromatic rings. The molecule has 0 aliphatic carbocycles. The van der Waals surface area contributed by atoms with Crippen LogP contribution in [-0.4, -0.2) is 69.1 Å². The average molecular weight is 434 g/mol. The van der Waals surface area contributed by atoms with E-state index < -0.39 is 0 Å². The second kappa shape index (κ2) is 9.69. The number of carbonyl (C=O) groups excluding carboxylic acids is 2. The Morgan fingerprint density at radius 1 is 1.06 bits per heavy atom. The van der Waals surface area contributed by atoms with Crippen LogP contribution in [0, 0.1) is 6.92 Å². The van der Waals surface area contributed by atoms with Crippen molar-refractivity contribution in [1.29, 1.82) is 0 Å². The summed E-state index contributed by atoms with van der Waals surface area (Å²) in [6, 6.07) is 9.61. The number of nitrogens with one attached hydrogen (secondary N) is 1. The maximum absolute atomic E-state index is 12.7. The van der Waals surface area contributed by atoms with Crippen molar-refractivity contribution >= 4 is 23.1 Å². The fourth-order valence-corrected chi connectivity index (χ4v) is 3.88. The fraction of sp³-hybridized carbons (Fsp3) is 0.348. The molecule has 0 spiro atoms. The Labute approximate surface area is 187 Å². The summed E-state index contributed by atoms with van der Waals surface area (Å²) in [7, 11) is 0. The molecule has 166 valence electrons. The molecular weight excluding hydrogens is 406 g/mol. The van der Waals surface area contributed by atoms with Gasteiger partial charge in [-0.25, -0.2) is 14.6 Å². The molecule has 9 nitrogen and oxygen atoms in total. The first-order chi connectivity index (χ1) is 15.5. The average Bonchev–Trinajstić information content (AvgIpc) is 3.14. The highest BCUT2D eigenvalue weighted by atomic mass is 16.1. The highest BCUT2D eigenvalue weighted by Crippen LogP contribution is 2.21. The van der Waals surface area contributed by atoms with Gasteiger partial charge in [0.2, 0.25) is 5.91 Å². The van der Waals surface area contributed by atoms with Crippen molar-refractivity contribution < 1.29 is 9.59 Å². The number of nitrogens with zero attached hydrogens (tertiary/aromatic N) is 6. The van der Waals surface area contributed by atoms with Gasteiger partial charge in [0.25, 0.3) is 5.95 Å². The second-order valence-electron chi connectivity index (χ2n) is 7.93. The summed E-state index contributed by atoms with van der Waals surface area (Å²) in [5.74, 6) is 0.590. The number of carbonyl (C=O) groups is 2. The van der Waals surface area contributed by atoms with Gasteiger partial charge in [-0.15, -0.1) is 0 Å². The quantitative estimate of drug-likeness (QED) is 0.608. The van der Waals surface area contributed by atoms with Gasteiger partial charge in [0, 0.05) is 74.5 Å². The van der Waals surface area contributed by atoms with E-state index in [1.807, 2.05) is 31.2 Å². The van der Waals surface area contributed by atoms with E-state index in [0.29, 0.717) is 18.9 Å². The van der Waals surface area contributed by atoms with Crippen molar-refractivity contribution in [3.63, 3.8) is 0 Å². The summed E-state index contributed by atoms with van der Waals surface area (Å²) < 4.78 is 1.66. The number of benzene rings is 1. The molecule has 0 unspecified atom stereocenters. The van der Waals surface area contributed by atoms with Crippen LogP contribution in [0.4, 0.5) is 11.4 Å². The van der Waals surface area contributed by atoms with Crippen LogP contribution in [0.25, 0.3) is 5.95 Å². The summed E-state index contributed by atoms with van der Waals surface area (Å²) in [6.45, 7) is 7.15. The minimum absolute atomic E-state index is 0.0810. The van der Waals surface area contributed by atoms with Crippen LogP contribution in [0.3, 0.4) is 0 Å². The maximum Gasteiger partial charge on any atom is 0.250 e. The number of aromatic nitrogens is 4. The molecule has 32 heavy (non-hydrogen) atoms. The van der Waals surface area contributed by atoms with Gasteiger partial charge in [0.15, 0.2) is 5.78 Å². The second-order valence-corrected chi connectivity index (χ2v) is 7.93. The van der Waals surface area contributed by atoms with Crippen LogP contribution in [-0.2, 0) is 16.0 Å². The van der Waals surface area contributed by atoms with E-state index in [9.17, 15) is 9.59 Å². The van der Waals surface area contributed by atoms with Gasteiger partial charge in [-0.2, -0.15) is 5.10 Å². The topological polar surface area (TPSA) is 96.2 Å². The summed E-state index contributed by atoms with van der Waals surface area (Å²) in [4.78, 5) is 36.9. The number of piperazine rings is 1. The summed E-state index contributed by atoms with van der Waals surface area (Å²) in [5, 5.41) is 7.17. The zero-order valence-corrected chi connectivity index (χ0v) is 18.4. The Bertz CT molecular complexity index is 1090. The predicted octanol–water partition coefficient (Wildman–Crippen LogP) is 1.86. The third-order valence-corrected chi connectivity index (χ3v) is 5.54. The van der Waals surface area contributed by atoms with E-state index >= 15 is 0 Å². The summed E-state index contributed by atoms with van der Waals surface area (Å²) in [5.41, 5.74) is 3.65. The Morgan fingerprint density at radius 3 is 2.53 bits per heavy atom. The summed E-state index contributed by atoms with van der Waals surface area (Å²) in [6.07, 6.45) is 5.41. The third-order valence-electron chi connectivity index (χ3n) is 5.54. The van der Waals surface area contributed by atoms with Gasteiger partial charge in [0.05, 0.1) is 12.7 Å². The molecule has 1 amide bonds. The van der Waals surface area contributed by atoms with Gasteiger partial charge in [-0.1, -0.05) is 6.07 Å². The minimum Gasteiger partial charge on any atom is -0.369 e. The first-order valence-corrected chi connectivity index (χ1v) is 10.7. The third kappa shape index (κ3) is 5.17. The Kier molecular flexibility index (Phi) is 6.55. The monoisotopic (exact) mass is 433 g/mol. The highest BCUT2D eigenvalue weighted by molar-refractivity contribution is 5.89. The number of rotatable bonds is 7. The van der Waals surface area contributed by atoms with Crippen LogP contribution in [0.15, 0.2) is 48.9 Å². The van der Waals surface area contributed by atoms with Crippen LogP contribution >= 0.6 is 0 Å². The lowest BCUT2D eigenvalue weighted by Gasteiger charge is -2.36. The normalized spacial score (nSPS) is 14.4. The van der Waals surface area contributed by atoms with E-state index in [0.717, 1.165) is 48.8 Å². The van der Waals surface area contributed by atoms with Crippen molar-refractivity contribution in [3.8, 4) is 5.95 Å². The SMILES string of the molecule is CC(=O)Nc1cccc(N2CCN(CC(=O)Cc3cnn(-c4ncccn4)c3C)CC2)c1. The molecule has 1 saturated heterocycles. The van der Waals surface area contributed by atoms with Crippen molar-refractivity contribution in [2.45, 2.75) is 20.3 Å². The molecule has 0 radical (unpaired) electrons. The first kappa shape index (κ1) is 21.6. The van der Waals surface area contributed by atoms with E-state index in [1.54, 1.807) is 29.3 Å². The molecule has 1 fully saturated rings. The van der Waals surface area contributed by atoms with Gasteiger partial charge in [-0.3, -0.25) is 14.5 Å². The van der Waals surface area contributed by atoms with E-state index in [1.165, 1.54) is 6.92 Å². The fourth-order valence-electron chi connectivity index (χ4n) is 3.88. The lowest BCUT2D eigenvalue weighted by atomic mass is 10.1. The molecule has 3 heterocycles. The van der Waals surface area contributed by atoms with Crippen LogP contribution in [0.2, 0.25) is 0 Å². The van der Waals surface area contributed by atoms with Crippen molar-refractivity contribution in [2.75, 3.05) is 42.9 Å². The van der Waals surface area contributed by atoms with Crippen LogP contribution in [0.5, 0.6) is 0 Å². The van der Waals surface area contributed by atoms with E-state index in [-0.39, 0.29) is 11.7 Å². The standard InChI is InChI=1S/C23H27N7O2/c1-17-19(15-26-30(17)23-24-7-4-8-25-23)13-22(32)16-28-9-11-29(12-10-28)21-6-3-5-20(14-21)27-18(2)31/h3-8,14-15H,9-13,16H2,1-2H3,(H,27,31). The molecule has 1 N–H and O–H groups in total. The zero-order chi connectivity index (χ0) is 22.5. The van der Waals surface area contributed by atoms with Gasteiger partial charge in [0.1, 0.15) is 0 Å². The molecule has 4 rings (SSSR count). The Balaban J connectivity index is 1.30. The number of ketones is 1. The molecular formula is C23H27N7O2. The Hall–Kier alpha value is -3.59. The molecule has 1 aliphatic rings. The number of Topliss-reactive ketones (excluding diaryl/α,β-unsaturated/α-hetero) is 1. The maximum atomic E-state index is 12.7. The highest BCUT2D eigenvalue weighted by Gasteiger charge is 2.21. The smallest absolute Gasteiger partial charge is 0.250 e. The van der Waals surface area contributed by atoms with Gasteiger partial charge in [-0.05, 0) is 31.2 Å². The predicted molar refractivity (Wildman–Crippen MR) is 122 cm³/mol. The van der Waals surface area contributed by atoms with Crippen LogP contribution < -0.4 is 10.2 Å². The number of anilines is 2. The molecule has 1 aliphatic heterocycles. The van der Waals surface area contributed by atoms with Crippen molar-refractivity contribution in [2.24, 2.45) is 0 Å². The number of hydrogen-bond acceptors (Lipinski definition) is 7. The van der Waals surface area contributed by atoms with Crippen molar-refractivity contribution in [3.05, 3.63) is 60.2 Å². The summed E-state index contributed by atoms with van der Waals surface area (Å²) >= 11 is 0. The lowest BCUT2D eigenvalue weighted by Crippen LogP contribution is -2.48. The van der Waals surface area contributed by atoms with E-state index in [4.69, 9.17) is 0 Å². The lowest BCUT2D eigenvalue weighted by molar-refractivity contribution is -0.119. The molecule has 0 bridgehead atoms. The molecule has 9 heteroatoms. The van der Waals surface area contributed by atoms with Crippen LogP contribution in [0.1, 0.15) is 18.2 Å².